The number of rotatable bonds is 4. The lowest BCUT2D eigenvalue weighted by Gasteiger charge is -2.22. The van der Waals surface area contributed by atoms with Crippen LogP contribution >= 0.6 is 0 Å². The lowest BCUT2D eigenvalue weighted by atomic mass is 10.0. The van der Waals surface area contributed by atoms with Gasteiger partial charge in [0, 0.05) is 12.6 Å². The van der Waals surface area contributed by atoms with Crippen molar-refractivity contribution in [2.45, 2.75) is 39.7 Å². The molecular formula is C15H20N2O3. The predicted molar refractivity (Wildman–Crippen MR) is 77.3 cm³/mol. The minimum absolute atomic E-state index is 0.141. The summed E-state index contributed by atoms with van der Waals surface area (Å²) in [4.78, 5) is 25.3. The van der Waals surface area contributed by atoms with Crippen LogP contribution in [0.1, 0.15) is 41.3 Å². The maximum Gasteiger partial charge on any atom is 0.337 e. The molecule has 1 aromatic rings. The quantitative estimate of drug-likeness (QED) is 0.888. The molecule has 1 aliphatic rings. The number of hydrogen-bond donors (Lipinski definition) is 2. The molecule has 0 spiro atoms. The molecule has 0 bridgehead atoms. The van der Waals surface area contributed by atoms with Gasteiger partial charge in [0.15, 0.2) is 0 Å². The Bertz CT molecular complexity index is 550. The summed E-state index contributed by atoms with van der Waals surface area (Å²) in [6, 6.07) is 3.54. The van der Waals surface area contributed by atoms with Gasteiger partial charge in [0.05, 0.1) is 11.3 Å². The van der Waals surface area contributed by atoms with Crippen LogP contribution in [-0.4, -0.2) is 34.6 Å². The van der Waals surface area contributed by atoms with Crippen LogP contribution in [0.2, 0.25) is 0 Å². The number of carbonyl (C=O) groups is 2. The molecule has 2 N–H and O–H groups in total. The second-order valence-corrected chi connectivity index (χ2v) is 5.26. The summed E-state index contributed by atoms with van der Waals surface area (Å²) in [6.07, 6.45) is 2.06. The third-order valence-electron chi connectivity index (χ3n) is 3.53. The number of urea groups is 1. The molecule has 0 heterocycles. The largest absolute Gasteiger partial charge is 0.478 e. The summed E-state index contributed by atoms with van der Waals surface area (Å²) in [7, 11) is 0. The van der Waals surface area contributed by atoms with E-state index in [1.807, 2.05) is 26.8 Å². The number of carboxylic acids is 1. The Hall–Kier alpha value is -2.04. The van der Waals surface area contributed by atoms with Crippen molar-refractivity contribution in [1.82, 2.24) is 4.90 Å². The molecule has 1 aliphatic carbocycles. The first-order valence-electron chi connectivity index (χ1n) is 6.86. The molecule has 0 aliphatic heterocycles. The lowest BCUT2D eigenvalue weighted by Crippen LogP contribution is -2.37. The number of nitrogens with zero attached hydrogens (tertiary/aromatic N) is 1. The predicted octanol–water partition coefficient (Wildman–Crippen LogP) is 3.02. The highest BCUT2D eigenvalue weighted by molar-refractivity contribution is 6.01. The van der Waals surface area contributed by atoms with E-state index in [-0.39, 0.29) is 11.6 Å². The average Bonchev–Trinajstić information content (AvgIpc) is 3.17. The first-order chi connectivity index (χ1) is 9.43. The van der Waals surface area contributed by atoms with Crippen LogP contribution in [0.15, 0.2) is 12.1 Å². The fourth-order valence-corrected chi connectivity index (χ4v) is 2.43. The van der Waals surface area contributed by atoms with Gasteiger partial charge in [0.25, 0.3) is 0 Å². The van der Waals surface area contributed by atoms with Gasteiger partial charge in [0.2, 0.25) is 0 Å². The zero-order chi connectivity index (χ0) is 14.9. The molecule has 2 amide bonds. The van der Waals surface area contributed by atoms with Crippen LogP contribution in [0, 0.1) is 13.8 Å². The van der Waals surface area contributed by atoms with Gasteiger partial charge >= 0.3 is 12.0 Å². The molecule has 5 heteroatoms. The third kappa shape index (κ3) is 2.92. The zero-order valence-electron chi connectivity index (χ0n) is 12.1. The highest BCUT2D eigenvalue weighted by Gasteiger charge is 2.32. The number of hydrogen-bond acceptors (Lipinski definition) is 2. The van der Waals surface area contributed by atoms with E-state index < -0.39 is 5.97 Å². The molecule has 0 radical (unpaired) electrons. The van der Waals surface area contributed by atoms with Gasteiger partial charge in [-0.15, -0.1) is 0 Å². The van der Waals surface area contributed by atoms with Gasteiger partial charge in [-0.25, -0.2) is 9.59 Å². The van der Waals surface area contributed by atoms with E-state index in [9.17, 15) is 14.7 Å². The second kappa shape index (κ2) is 5.53. The number of aryl methyl sites for hydroxylation is 2. The summed E-state index contributed by atoms with van der Waals surface area (Å²) >= 11 is 0. The average molecular weight is 276 g/mol. The van der Waals surface area contributed by atoms with Crippen LogP contribution in [0.4, 0.5) is 10.5 Å². The van der Waals surface area contributed by atoms with Gasteiger partial charge in [0.1, 0.15) is 0 Å². The van der Waals surface area contributed by atoms with E-state index in [1.165, 1.54) is 0 Å². The molecule has 1 aromatic carbocycles. The topological polar surface area (TPSA) is 69.6 Å². The number of benzene rings is 1. The van der Waals surface area contributed by atoms with Crippen LogP contribution in [-0.2, 0) is 0 Å². The first-order valence-corrected chi connectivity index (χ1v) is 6.86. The Morgan fingerprint density at radius 1 is 1.35 bits per heavy atom. The third-order valence-corrected chi connectivity index (χ3v) is 3.53. The van der Waals surface area contributed by atoms with Crippen molar-refractivity contribution >= 4 is 17.7 Å². The molecule has 20 heavy (non-hydrogen) atoms. The maximum absolute atomic E-state index is 12.3. The van der Waals surface area contributed by atoms with E-state index in [4.69, 9.17) is 0 Å². The van der Waals surface area contributed by atoms with Crippen LogP contribution in [0.5, 0.6) is 0 Å². The Morgan fingerprint density at radius 3 is 2.50 bits per heavy atom. The molecule has 0 unspecified atom stereocenters. The highest BCUT2D eigenvalue weighted by Crippen LogP contribution is 2.28. The summed E-state index contributed by atoms with van der Waals surface area (Å²) in [5, 5.41) is 12.0. The summed E-state index contributed by atoms with van der Waals surface area (Å²) in [6.45, 7) is 6.21. The van der Waals surface area contributed by atoms with Crippen molar-refractivity contribution in [3.8, 4) is 0 Å². The monoisotopic (exact) mass is 276 g/mol. The molecule has 2 rings (SSSR count). The Balaban J connectivity index is 2.28. The van der Waals surface area contributed by atoms with E-state index in [2.05, 4.69) is 5.32 Å². The number of carbonyl (C=O) groups excluding carboxylic acids is 1. The smallest absolute Gasteiger partial charge is 0.337 e. The number of aromatic carboxylic acids is 1. The van der Waals surface area contributed by atoms with Gasteiger partial charge < -0.3 is 15.3 Å². The summed E-state index contributed by atoms with van der Waals surface area (Å²) in [5.41, 5.74) is 2.17. The highest BCUT2D eigenvalue weighted by atomic mass is 16.4. The fraction of sp³-hybridized carbons (Fsp3) is 0.467. The normalized spacial score (nSPS) is 13.9. The molecule has 0 aromatic heterocycles. The molecule has 1 saturated carbocycles. The van der Waals surface area contributed by atoms with Crippen molar-refractivity contribution in [3.63, 3.8) is 0 Å². The van der Waals surface area contributed by atoms with E-state index >= 15 is 0 Å². The minimum atomic E-state index is -1.03. The van der Waals surface area contributed by atoms with E-state index in [0.29, 0.717) is 18.3 Å². The molecule has 108 valence electrons. The van der Waals surface area contributed by atoms with Crippen molar-refractivity contribution < 1.29 is 14.7 Å². The van der Waals surface area contributed by atoms with Crippen LogP contribution in [0.25, 0.3) is 0 Å². The van der Waals surface area contributed by atoms with Crippen molar-refractivity contribution in [1.29, 1.82) is 0 Å². The van der Waals surface area contributed by atoms with Crippen molar-refractivity contribution in [2.24, 2.45) is 0 Å². The van der Waals surface area contributed by atoms with E-state index in [1.54, 1.807) is 11.0 Å². The van der Waals surface area contributed by atoms with E-state index in [0.717, 1.165) is 24.0 Å². The van der Waals surface area contributed by atoms with Crippen LogP contribution in [0.3, 0.4) is 0 Å². The summed E-state index contributed by atoms with van der Waals surface area (Å²) < 4.78 is 0. The molecule has 0 atom stereocenters. The van der Waals surface area contributed by atoms with Crippen LogP contribution < -0.4 is 5.32 Å². The molecule has 1 fully saturated rings. The number of anilines is 1. The number of amides is 2. The number of carboxylic acid groups (broad SMARTS) is 1. The number of nitrogens with one attached hydrogen (secondary N) is 1. The fourth-order valence-electron chi connectivity index (χ4n) is 2.43. The summed E-state index contributed by atoms with van der Waals surface area (Å²) in [5.74, 6) is -1.03. The Kier molecular flexibility index (Phi) is 3.97. The standard InChI is InChI=1S/C15H20N2O3/c1-4-17(11-5-6-11)15(20)16-13-10(3)7-9(2)8-12(13)14(18)19/h7-8,11H,4-6H2,1-3H3,(H,16,20)(H,18,19). The molecule has 0 saturated heterocycles. The van der Waals surface area contributed by atoms with Crippen molar-refractivity contribution in [3.05, 3.63) is 28.8 Å². The SMILES string of the molecule is CCN(C(=O)Nc1c(C)cc(C)cc1C(=O)O)C1CC1. The van der Waals surface area contributed by atoms with Gasteiger partial charge in [-0.2, -0.15) is 0 Å². The van der Waals surface area contributed by atoms with Gasteiger partial charge in [-0.1, -0.05) is 6.07 Å². The Morgan fingerprint density at radius 2 is 2.00 bits per heavy atom. The van der Waals surface area contributed by atoms with Gasteiger partial charge in [-0.05, 0) is 50.8 Å². The molecular weight excluding hydrogens is 256 g/mol. The maximum atomic E-state index is 12.3. The second-order valence-electron chi connectivity index (χ2n) is 5.26. The Labute approximate surface area is 118 Å². The van der Waals surface area contributed by atoms with Gasteiger partial charge in [-0.3, -0.25) is 0 Å². The first kappa shape index (κ1) is 14.4. The zero-order valence-corrected chi connectivity index (χ0v) is 12.1. The minimum Gasteiger partial charge on any atom is -0.478 e. The van der Waals surface area contributed by atoms with Crippen molar-refractivity contribution in [2.75, 3.05) is 11.9 Å². The molecule has 5 nitrogen and oxygen atoms in total. The lowest BCUT2D eigenvalue weighted by molar-refractivity contribution is 0.0698.